The van der Waals surface area contributed by atoms with Gasteiger partial charge in [0.2, 0.25) is 5.91 Å². The van der Waals surface area contributed by atoms with Gasteiger partial charge in [-0.15, -0.1) is 0 Å². The topological polar surface area (TPSA) is 58.6 Å². The Morgan fingerprint density at radius 2 is 1.77 bits per heavy atom. The first kappa shape index (κ1) is 18.4. The molecule has 0 radical (unpaired) electrons. The first-order chi connectivity index (χ1) is 12.6. The molecule has 1 amide bonds. The third kappa shape index (κ3) is 5.07. The molecule has 1 aliphatic heterocycles. The molecule has 0 aromatic heterocycles. The number of benzene rings is 2. The van der Waals surface area contributed by atoms with E-state index < -0.39 is 0 Å². The van der Waals surface area contributed by atoms with Crippen LogP contribution in [0.15, 0.2) is 48.5 Å². The number of halogens is 1. The monoisotopic (exact) mass is 372 g/mol. The maximum absolute atomic E-state index is 12.2. The highest BCUT2D eigenvalue weighted by atomic mass is 35.5. The molecule has 2 aromatic carbocycles. The lowest BCUT2D eigenvalue weighted by molar-refractivity contribution is -0.116. The molecule has 0 unspecified atom stereocenters. The fourth-order valence-electron chi connectivity index (χ4n) is 2.83. The summed E-state index contributed by atoms with van der Waals surface area (Å²) in [4.78, 5) is 26.5. The molecule has 3 rings (SSSR count). The van der Waals surface area contributed by atoms with E-state index >= 15 is 0 Å². The van der Waals surface area contributed by atoms with Crippen LogP contribution in [0.4, 0.5) is 11.4 Å². The summed E-state index contributed by atoms with van der Waals surface area (Å²) in [5, 5.41) is 3.45. The number of ether oxygens (including phenoxy) is 1. The molecule has 0 atom stereocenters. The molecular formula is C20H21ClN2O3. The predicted octanol–water partition coefficient (Wildman–Crippen LogP) is 3.78. The second-order valence-corrected chi connectivity index (χ2v) is 6.56. The van der Waals surface area contributed by atoms with Gasteiger partial charge >= 0.3 is 0 Å². The van der Waals surface area contributed by atoms with Crippen molar-refractivity contribution >= 4 is 34.7 Å². The Morgan fingerprint density at radius 3 is 2.50 bits per heavy atom. The van der Waals surface area contributed by atoms with Crippen molar-refractivity contribution in [3.8, 4) is 0 Å². The van der Waals surface area contributed by atoms with Crippen molar-refractivity contribution in [2.75, 3.05) is 36.5 Å². The zero-order chi connectivity index (χ0) is 18.4. The van der Waals surface area contributed by atoms with Gasteiger partial charge in [0.05, 0.1) is 13.2 Å². The van der Waals surface area contributed by atoms with Crippen LogP contribution >= 0.6 is 11.6 Å². The van der Waals surface area contributed by atoms with Gasteiger partial charge in [0.25, 0.3) is 0 Å². The van der Waals surface area contributed by atoms with Crippen molar-refractivity contribution in [2.45, 2.75) is 12.8 Å². The lowest BCUT2D eigenvalue weighted by Crippen LogP contribution is -2.36. The van der Waals surface area contributed by atoms with E-state index in [1.165, 1.54) is 0 Å². The minimum absolute atomic E-state index is 0.0705. The third-order valence-electron chi connectivity index (χ3n) is 4.25. The quantitative estimate of drug-likeness (QED) is 0.784. The van der Waals surface area contributed by atoms with Crippen LogP contribution in [0.1, 0.15) is 23.2 Å². The van der Waals surface area contributed by atoms with Gasteiger partial charge in [0.1, 0.15) is 0 Å². The molecule has 136 valence electrons. The second kappa shape index (κ2) is 8.83. The number of carbonyl (C=O) groups excluding carboxylic acids is 2. The first-order valence-corrected chi connectivity index (χ1v) is 9.01. The Kier molecular flexibility index (Phi) is 6.26. The van der Waals surface area contributed by atoms with E-state index in [4.69, 9.17) is 16.3 Å². The number of morpholine rings is 1. The molecule has 0 aliphatic carbocycles. The van der Waals surface area contributed by atoms with E-state index in [1.807, 2.05) is 24.3 Å². The fourth-order valence-corrected chi connectivity index (χ4v) is 2.96. The smallest absolute Gasteiger partial charge is 0.224 e. The van der Waals surface area contributed by atoms with E-state index in [-0.39, 0.29) is 24.5 Å². The molecule has 1 aliphatic rings. The zero-order valence-electron chi connectivity index (χ0n) is 14.4. The maximum Gasteiger partial charge on any atom is 0.224 e. The van der Waals surface area contributed by atoms with E-state index in [1.54, 1.807) is 24.3 Å². The minimum Gasteiger partial charge on any atom is -0.378 e. The van der Waals surface area contributed by atoms with Crippen LogP contribution in [0.25, 0.3) is 0 Å². The highest BCUT2D eigenvalue weighted by Gasteiger charge is 2.13. The zero-order valence-corrected chi connectivity index (χ0v) is 15.2. The van der Waals surface area contributed by atoms with Gasteiger partial charge in [0, 0.05) is 47.9 Å². The van der Waals surface area contributed by atoms with Gasteiger partial charge < -0.3 is 15.0 Å². The number of nitrogens with one attached hydrogen (secondary N) is 1. The van der Waals surface area contributed by atoms with Crippen LogP contribution in [0.5, 0.6) is 0 Å². The Labute approximate surface area is 157 Å². The van der Waals surface area contributed by atoms with Crippen LogP contribution < -0.4 is 10.2 Å². The molecule has 1 fully saturated rings. The Morgan fingerprint density at radius 1 is 1.04 bits per heavy atom. The third-order valence-corrected chi connectivity index (χ3v) is 4.50. The molecule has 6 heteroatoms. The number of anilines is 2. The van der Waals surface area contributed by atoms with E-state index in [9.17, 15) is 9.59 Å². The number of carbonyl (C=O) groups is 2. The summed E-state index contributed by atoms with van der Waals surface area (Å²) in [6, 6.07) is 14.4. The summed E-state index contributed by atoms with van der Waals surface area (Å²) in [6.07, 6.45) is 0.305. The molecule has 2 aromatic rings. The van der Waals surface area contributed by atoms with E-state index in [0.717, 1.165) is 24.5 Å². The number of amides is 1. The first-order valence-electron chi connectivity index (χ1n) is 8.63. The average molecular weight is 373 g/mol. The van der Waals surface area contributed by atoms with Gasteiger partial charge in [-0.25, -0.2) is 0 Å². The molecule has 0 saturated carbocycles. The highest BCUT2D eigenvalue weighted by molar-refractivity contribution is 6.30. The second-order valence-electron chi connectivity index (χ2n) is 6.13. The SMILES string of the molecule is O=C(CCC(=O)c1ccc(Cl)cc1)Nc1cccc(N2CCOCC2)c1. The normalized spacial score (nSPS) is 14.1. The van der Waals surface area contributed by atoms with Gasteiger partial charge in [-0.2, -0.15) is 0 Å². The molecule has 0 bridgehead atoms. The number of nitrogens with zero attached hydrogens (tertiary/aromatic N) is 1. The van der Waals surface area contributed by atoms with Crippen molar-refractivity contribution in [3.63, 3.8) is 0 Å². The van der Waals surface area contributed by atoms with Crippen molar-refractivity contribution in [2.24, 2.45) is 0 Å². The van der Waals surface area contributed by atoms with Crippen LogP contribution in [0.3, 0.4) is 0 Å². The summed E-state index contributed by atoms with van der Waals surface area (Å²) >= 11 is 5.82. The summed E-state index contributed by atoms with van der Waals surface area (Å²) in [7, 11) is 0. The number of hydrogen-bond acceptors (Lipinski definition) is 4. The summed E-state index contributed by atoms with van der Waals surface area (Å²) in [5.74, 6) is -0.245. The highest BCUT2D eigenvalue weighted by Crippen LogP contribution is 2.21. The number of ketones is 1. The predicted molar refractivity (Wildman–Crippen MR) is 103 cm³/mol. The molecule has 5 nitrogen and oxygen atoms in total. The molecule has 0 spiro atoms. The van der Waals surface area contributed by atoms with Crippen molar-refractivity contribution in [1.82, 2.24) is 0 Å². The summed E-state index contributed by atoms with van der Waals surface area (Å²) < 4.78 is 5.36. The van der Waals surface area contributed by atoms with Gasteiger partial charge in [-0.05, 0) is 42.5 Å². The Bertz CT molecular complexity index is 771. The lowest BCUT2D eigenvalue weighted by Gasteiger charge is -2.29. The molecule has 1 N–H and O–H groups in total. The molecule has 26 heavy (non-hydrogen) atoms. The molecule has 1 heterocycles. The minimum atomic E-state index is -0.175. The number of Topliss-reactive ketones (excluding diaryl/α,β-unsaturated/α-hetero) is 1. The fraction of sp³-hybridized carbons (Fsp3) is 0.300. The average Bonchev–Trinajstić information content (AvgIpc) is 2.67. The van der Waals surface area contributed by atoms with Crippen LogP contribution in [-0.4, -0.2) is 38.0 Å². The van der Waals surface area contributed by atoms with Crippen molar-refractivity contribution < 1.29 is 14.3 Å². The summed E-state index contributed by atoms with van der Waals surface area (Å²) in [5.41, 5.74) is 2.36. The van der Waals surface area contributed by atoms with Crippen LogP contribution in [0.2, 0.25) is 5.02 Å². The van der Waals surface area contributed by atoms with E-state index in [2.05, 4.69) is 10.2 Å². The van der Waals surface area contributed by atoms with Crippen molar-refractivity contribution in [1.29, 1.82) is 0 Å². The Hall–Kier alpha value is -2.37. The molecule has 1 saturated heterocycles. The van der Waals surface area contributed by atoms with Gasteiger partial charge in [0.15, 0.2) is 5.78 Å². The maximum atomic E-state index is 12.2. The van der Waals surface area contributed by atoms with E-state index in [0.29, 0.717) is 23.8 Å². The van der Waals surface area contributed by atoms with Gasteiger partial charge in [-0.3, -0.25) is 9.59 Å². The van der Waals surface area contributed by atoms with Crippen molar-refractivity contribution in [3.05, 3.63) is 59.1 Å². The Balaban J connectivity index is 1.53. The van der Waals surface area contributed by atoms with Crippen LogP contribution in [0, 0.1) is 0 Å². The largest absolute Gasteiger partial charge is 0.378 e. The van der Waals surface area contributed by atoms with Crippen LogP contribution in [-0.2, 0) is 9.53 Å². The number of rotatable bonds is 6. The standard InChI is InChI=1S/C20H21ClN2O3/c21-16-6-4-15(5-7-16)19(24)8-9-20(25)22-17-2-1-3-18(14-17)23-10-12-26-13-11-23/h1-7,14H,8-13H2,(H,22,25). The lowest BCUT2D eigenvalue weighted by atomic mass is 10.1. The summed E-state index contributed by atoms with van der Waals surface area (Å²) in [6.45, 7) is 3.10. The molecular weight excluding hydrogens is 352 g/mol. The van der Waals surface area contributed by atoms with Gasteiger partial charge in [-0.1, -0.05) is 17.7 Å². The number of hydrogen-bond donors (Lipinski definition) is 1.